The summed E-state index contributed by atoms with van der Waals surface area (Å²) in [5, 5.41) is 2.36. The number of halogens is 1. The van der Waals surface area contributed by atoms with Crippen LogP contribution < -0.4 is 11.1 Å². The van der Waals surface area contributed by atoms with E-state index in [1.807, 2.05) is 0 Å². The third-order valence-electron chi connectivity index (χ3n) is 2.14. The van der Waals surface area contributed by atoms with Gasteiger partial charge in [-0.2, -0.15) is 0 Å². The first kappa shape index (κ1) is 15.5. The van der Waals surface area contributed by atoms with Gasteiger partial charge in [0.05, 0.1) is 10.7 Å². The van der Waals surface area contributed by atoms with Gasteiger partial charge < -0.3 is 11.1 Å². The summed E-state index contributed by atoms with van der Waals surface area (Å²) < 4.78 is 35.7. The molecule has 0 aliphatic heterocycles. The number of hydrogen-bond acceptors (Lipinski definition) is 4. The first-order chi connectivity index (χ1) is 8.78. The molecule has 0 atom stereocenters. The van der Waals surface area contributed by atoms with Crippen molar-refractivity contribution >= 4 is 38.6 Å². The predicted octanol–water partition coefficient (Wildman–Crippen LogP) is 0.855. The quantitative estimate of drug-likeness (QED) is 0.761. The van der Waals surface area contributed by atoms with Crippen LogP contribution in [0.2, 0.25) is 0 Å². The molecule has 0 saturated carbocycles. The van der Waals surface area contributed by atoms with Gasteiger partial charge in [0.2, 0.25) is 5.91 Å². The van der Waals surface area contributed by atoms with Crippen LogP contribution >= 0.6 is 12.2 Å². The van der Waals surface area contributed by atoms with E-state index in [9.17, 15) is 17.6 Å². The number of nitrogens with two attached hydrogens (primary N) is 1. The summed E-state index contributed by atoms with van der Waals surface area (Å²) in [6, 6.07) is 5.01. The Bertz CT molecular complexity index is 570. The Balaban J connectivity index is 2.55. The maximum Gasteiger partial charge on any atom is 0.239 e. The standard InChI is InChI=1S/C11H13FN2O3S2/c12-8-1-3-9(4-2-8)14-11(15)7-19(16,17)6-5-10(13)18/h1-4H,5-7H2,(H2,13,18)(H,14,15). The van der Waals surface area contributed by atoms with Crippen molar-refractivity contribution in [2.24, 2.45) is 5.73 Å². The van der Waals surface area contributed by atoms with Gasteiger partial charge in [-0.25, -0.2) is 12.8 Å². The van der Waals surface area contributed by atoms with E-state index >= 15 is 0 Å². The van der Waals surface area contributed by atoms with Gasteiger partial charge in [-0.05, 0) is 24.3 Å². The van der Waals surface area contributed by atoms with E-state index in [0.717, 1.165) is 12.1 Å². The van der Waals surface area contributed by atoms with E-state index < -0.39 is 27.3 Å². The molecule has 1 aromatic rings. The number of benzene rings is 1. The molecule has 0 aliphatic carbocycles. The van der Waals surface area contributed by atoms with E-state index in [2.05, 4.69) is 17.5 Å². The minimum atomic E-state index is -3.56. The Morgan fingerprint density at radius 2 is 1.89 bits per heavy atom. The molecular formula is C11H13FN2O3S2. The molecular weight excluding hydrogens is 291 g/mol. The van der Waals surface area contributed by atoms with Gasteiger partial charge in [0.25, 0.3) is 0 Å². The maximum absolute atomic E-state index is 12.6. The average molecular weight is 304 g/mol. The summed E-state index contributed by atoms with van der Waals surface area (Å²) in [5.41, 5.74) is 5.53. The third-order valence-corrected chi connectivity index (χ3v) is 3.87. The second kappa shape index (κ2) is 6.58. The Hall–Kier alpha value is -1.54. The van der Waals surface area contributed by atoms with Crippen LogP contribution in [0.5, 0.6) is 0 Å². The molecule has 0 radical (unpaired) electrons. The monoisotopic (exact) mass is 304 g/mol. The molecule has 0 unspecified atom stereocenters. The van der Waals surface area contributed by atoms with Gasteiger partial charge in [0.15, 0.2) is 9.84 Å². The lowest BCUT2D eigenvalue weighted by atomic mass is 10.3. The molecule has 19 heavy (non-hydrogen) atoms. The zero-order valence-electron chi connectivity index (χ0n) is 9.93. The van der Waals surface area contributed by atoms with Crippen molar-refractivity contribution in [3.63, 3.8) is 0 Å². The van der Waals surface area contributed by atoms with Crippen molar-refractivity contribution < 1.29 is 17.6 Å². The fraction of sp³-hybridized carbons (Fsp3) is 0.273. The number of rotatable bonds is 6. The molecule has 0 saturated heterocycles. The minimum Gasteiger partial charge on any atom is -0.393 e. The molecule has 0 spiro atoms. The van der Waals surface area contributed by atoms with Crippen LogP contribution in [0.25, 0.3) is 0 Å². The van der Waals surface area contributed by atoms with Crippen molar-refractivity contribution in [2.75, 3.05) is 16.8 Å². The highest BCUT2D eigenvalue weighted by molar-refractivity contribution is 7.92. The topological polar surface area (TPSA) is 89.3 Å². The molecule has 1 amide bonds. The van der Waals surface area contributed by atoms with Crippen LogP contribution in [0.15, 0.2) is 24.3 Å². The van der Waals surface area contributed by atoms with Gasteiger partial charge in [-0.1, -0.05) is 12.2 Å². The number of nitrogens with one attached hydrogen (secondary N) is 1. The molecule has 104 valence electrons. The Labute approximate surface area is 115 Å². The second-order valence-electron chi connectivity index (χ2n) is 3.86. The largest absolute Gasteiger partial charge is 0.393 e. The summed E-state index contributed by atoms with van der Waals surface area (Å²) in [6.07, 6.45) is 0.0431. The minimum absolute atomic E-state index is 0.0431. The number of carbonyl (C=O) groups is 1. The molecule has 0 aliphatic rings. The van der Waals surface area contributed by atoms with Crippen molar-refractivity contribution in [2.45, 2.75) is 6.42 Å². The third kappa shape index (κ3) is 6.25. The highest BCUT2D eigenvalue weighted by Crippen LogP contribution is 2.08. The fourth-order valence-electron chi connectivity index (χ4n) is 1.26. The normalized spacial score (nSPS) is 11.0. The van der Waals surface area contributed by atoms with Crippen molar-refractivity contribution in [1.82, 2.24) is 0 Å². The zero-order chi connectivity index (χ0) is 14.5. The van der Waals surface area contributed by atoms with Crippen LogP contribution in [0, 0.1) is 5.82 Å². The van der Waals surface area contributed by atoms with Gasteiger partial charge in [0.1, 0.15) is 11.6 Å². The van der Waals surface area contributed by atoms with Crippen molar-refractivity contribution in [1.29, 1.82) is 0 Å². The second-order valence-corrected chi connectivity index (χ2v) is 6.57. The maximum atomic E-state index is 12.6. The summed E-state index contributed by atoms with van der Waals surface area (Å²) in [6.45, 7) is 0. The average Bonchev–Trinajstić information content (AvgIpc) is 2.29. The highest BCUT2D eigenvalue weighted by atomic mass is 32.2. The zero-order valence-corrected chi connectivity index (χ0v) is 11.6. The summed E-state index contributed by atoms with van der Waals surface area (Å²) >= 11 is 4.57. The predicted molar refractivity (Wildman–Crippen MR) is 75.1 cm³/mol. The highest BCUT2D eigenvalue weighted by Gasteiger charge is 2.17. The lowest BCUT2D eigenvalue weighted by Gasteiger charge is -2.06. The van der Waals surface area contributed by atoms with Crippen LogP contribution in [-0.4, -0.2) is 30.8 Å². The van der Waals surface area contributed by atoms with E-state index in [1.54, 1.807) is 0 Å². The van der Waals surface area contributed by atoms with Gasteiger partial charge in [-0.15, -0.1) is 0 Å². The number of anilines is 1. The molecule has 0 fully saturated rings. The number of sulfone groups is 1. The van der Waals surface area contributed by atoms with Crippen LogP contribution in [0.1, 0.15) is 6.42 Å². The van der Waals surface area contributed by atoms with Gasteiger partial charge in [-0.3, -0.25) is 4.79 Å². The lowest BCUT2D eigenvalue weighted by Crippen LogP contribution is -2.26. The first-order valence-corrected chi connectivity index (χ1v) is 7.55. The van der Waals surface area contributed by atoms with E-state index in [-0.39, 0.29) is 17.2 Å². The van der Waals surface area contributed by atoms with Crippen molar-refractivity contribution in [3.8, 4) is 0 Å². The summed E-state index contributed by atoms with van der Waals surface area (Å²) in [7, 11) is -3.56. The Morgan fingerprint density at radius 1 is 1.32 bits per heavy atom. The number of thiocarbonyl (C=S) groups is 1. The van der Waals surface area contributed by atoms with Gasteiger partial charge >= 0.3 is 0 Å². The number of amides is 1. The van der Waals surface area contributed by atoms with Crippen LogP contribution in [-0.2, 0) is 14.6 Å². The van der Waals surface area contributed by atoms with E-state index in [0.29, 0.717) is 5.69 Å². The summed E-state index contributed by atoms with van der Waals surface area (Å²) in [5.74, 6) is -2.05. The lowest BCUT2D eigenvalue weighted by molar-refractivity contribution is -0.113. The molecule has 0 heterocycles. The van der Waals surface area contributed by atoms with Gasteiger partial charge in [0, 0.05) is 12.1 Å². The Kier molecular flexibility index (Phi) is 5.37. The van der Waals surface area contributed by atoms with Crippen LogP contribution in [0.3, 0.4) is 0 Å². The Morgan fingerprint density at radius 3 is 2.42 bits per heavy atom. The van der Waals surface area contributed by atoms with E-state index in [4.69, 9.17) is 5.73 Å². The molecule has 0 aromatic heterocycles. The molecule has 1 rings (SSSR count). The fourth-order valence-corrected chi connectivity index (χ4v) is 2.64. The van der Waals surface area contributed by atoms with E-state index in [1.165, 1.54) is 12.1 Å². The van der Waals surface area contributed by atoms with Crippen molar-refractivity contribution in [3.05, 3.63) is 30.1 Å². The molecule has 5 nitrogen and oxygen atoms in total. The first-order valence-electron chi connectivity index (χ1n) is 5.33. The molecule has 8 heteroatoms. The SMILES string of the molecule is NC(=S)CCS(=O)(=O)CC(=O)Nc1ccc(F)cc1. The summed E-state index contributed by atoms with van der Waals surface area (Å²) in [4.78, 5) is 11.6. The molecule has 3 N–H and O–H groups in total. The smallest absolute Gasteiger partial charge is 0.239 e. The molecule has 0 bridgehead atoms. The number of carbonyl (C=O) groups excluding carboxylic acids is 1. The van der Waals surface area contributed by atoms with Crippen LogP contribution in [0.4, 0.5) is 10.1 Å². The number of hydrogen-bond donors (Lipinski definition) is 2. The molecule has 1 aromatic carbocycles.